The van der Waals surface area contributed by atoms with Crippen LogP contribution in [0.5, 0.6) is 0 Å². The Morgan fingerprint density at radius 3 is 2.83 bits per heavy atom. The lowest BCUT2D eigenvalue weighted by molar-refractivity contribution is 0.312. The molecule has 0 spiro atoms. The van der Waals surface area contributed by atoms with Gasteiger partial charge in [0.2, 0.25) is 0 Å². The van der Waals surface area contributed by atoms with Gasteiger partial charge in [-0.1, -0.05) is 22.4 Å². The van der Waals surface area contributed by atoms with Crippen LogP contribution in [-0.4, -0.2) is 4.98 Å². The maximum absolute atomic E-state index is 4.49. The molecule has 66 valence electrons. The van der Waals surface area contributed by atoms with Crippen molar-refractivity contribution in [3.63, 3.8) is 0 Å². The molecular weight excluding hydrogens is 234 g/mol. The highest BCUT2D eigenvalue weighted by Gasteiger charge is 2.27. The second kappa shape index (κ2) is 3.46. The lowest BCUT2D eigenvalue weighted by Gasteiger charge is -2.28. The standard InChI is InChI=1S/C9H12BrNS/c1-6-5-12-9(11-6)8(10)7-3-2-4-7/h5,7-8H,2-4H2,1H3. The topological polar surface area (TPSA) is 12.9 Å². The second-order valence-electron chi connectivity index (χ2n) is 3.42. The van der Waals surface area contributed by atoms with Crippen LogP contribution in [0.2, 0.25) is 0 Å². The van der Waals surface area contributed by atoms with Crippen LogP contribution in [0.25, 0.3) is 0 Å². The van der Waals surface area contributed by atoms with Gasteiger partial charge >= 0.3 is 0 Å². The molecule has 0 radical (unpaired) electrons. The summed E-state index contributed by atoms with van der Waals surface area (Å²) in [5.41, 5.74) is 1.15. The average Bonchev–Trinajstić information content (AvgIpc) is 2.31. The quantitative estimate of drug-likeness (QED) is 0.725. The van der Waals surface area contributed by atoms with E-state index in [-0.39, 0.29) is 0 Å². The van der Waals surface area contributed by atoms with E-state index in [1.165, 1.54) is 24.3 Å². The Labute approximate surface area is 85.3 Å². The molecule has 0 amide bonds. The van der Waals surface area contributed by atoms with Crippen LogP contribution in [0.4, 0.5) is 0 Å². The van der Waals surface area contributed by atoms with Crippen molar-refractivity contribution < 1.29 is 0 Å². The molecular formula is C9H12BrNS. The molecule has 0 aromatic carbocycles. The van der Waals surface area contributed by atoms with Gasteiger partial charge in [0, 0.05) is 11.1 Å². The van der Waals surface area contributed by atoms with Crippen molar-refractivity contribution >= 4 is 27.3 Å². The molecule has 12 heavy (non-hydrogen) atoms. The van der Waals surface area contributed by atoms with E-state index in [0.29, 0.717) is 4.83 Å². The minimum absolute atomic E-state index is 0.518. The van der Waals surface area contributed by atoms with Crippen LogP contribution in [-0.2, 0) is 0 Å². The number of hydrogen-bond acceptors (Lipinski definition) is 2. The summed E-state index contributed by atoms with van der Waals surface area (Å²) in [6.07, 6.45) is 4.14. The van der Waals surface area contributed by atoms with Gasteiger partial charge in [0.15, 0.2) is 0 Å². The molecule has 0 bridgehead atoms. The summed E-state index contributed by atoms with van der Waals surface area (Å²) in [6, 6.07) is 0. The average molecular weight is 246 g/mol. The van der Waals surface area contributed by atoms with Gasteiger partial charge in [0.25, 0.3) is 0 Å². The molecule has 0 saturated heterocycles. The van der Waals surface area contributed by atoms with E-state index in [0.717, 1.165) is 11.6 Å². The van der Waals surface area contributed by atoms with Gasteiger partial charge in [0.1, 0.15) is 5.01 Å². The van der Waals surface area contributed by atoms with Gasteiger partial charge in [-0.05, 0) is 25.7 Å². The molecule has 1 atom stereocenters. The molecule has 1 fully saturated rings. The van der Waals surface area contributed by atoms with Crippen molar-refractivity contribution in [2.45, 2.75) is 31.0 Å². The molecule has 1 saturated carbocycles. The minimum Gasteiger partial charge on any atom is -0.245 e. The fourth-order valence-corrected chi connectivity index (χ4v) is 3.25. The molecule has 3 heteroatoms. The zero-order chi connectivity index (χ0) is 8.55. The molecule has 1 unspecified atom stereocenters. The van der Waals surface area contributed by atoms with Crippen molar-refractivity contribution in [3.8, 4) is 0 Å². The molecule has 1 aromatic rings. The number of thiazole rings is 1. The van der Waals surface area contributed by atoms with Crippen molar-refractivity contribution in [1.82, 2.24) is 4.98 Å². The van der Waals surface area contributed by atoms with Gasteiger partial charge in [-0.15, -0.1) is 11.3 Å². The molecule has 0 aliphatic heterocycles. The lowest BCUT2D eigenvalue weighted by atomic mass is 9.83. The maximum atomic E-state index is 4.49. The third-order valence-electron chi connectivity index (χ3n) is 2.44. The fourth-order valence-electron chi connectivity index (χ4n) is 1.43. The van der Waals surface area contributed by atoms with Crippen LogP contribution in [0, 0.1) is 12.8 Å². The Morgan fingerprint density at radius 2 is 2.42 bits per heavy atom. The number of aromatic nitrogens is 1. The third kappa shape index (κ3) is 1.57. The molecule has 1 nitrogen and oxygen atoms in total. The van der Waals surface area contributed by atoms with Crippen LogP contribution >= 0.6 is 27.3 Å². The van der Waals surface area contributed by atoms with Gasteiger partial charge in [-0.25, -0.2) is 4.98 Å². The lowest BCUT2D eigenvalue weighted by Crippen LogP contribution is -2.16. The Morgan fingerprint density at radius 1 is 1.67 bits per heavy atom. The summed E-state index contributed by atoms with van der Waals surface area (Å²) in [4.78, 5) is 5.00. The van der Waals surface area contributed by atoms with E-state index in [1.54, 1.807) is 11.3 Å². The summed E-state index contributed by atoms with van der Waals surface area (Å²) in [5.74, 6) is 0.843. The van der Waals surface area contributed by atoms with E-state index in [9.17, 15) is 0 Å². The normalized spacial score (nSPS) is 20.5. The van der Waals surface area contributed by atoms with E-state index in [4.69, 9.17) is 0 Å². The predicted molar refractivity (Wildman–Crippen MR) is 55.9 cm³/mol. The molecule has 1 aliphatic rings. The first-order valence-corrected chi connectivity index (χ1v) is 6.13. The number of aryl methyl sites for hydroxylation is 1. The first kappa shape index (κ1) is 8.70. The first-order chi connectivity index (χ1) is 5.77. The summed E-state index contributed by atoms with van der Waals surface area (Å²) in [7, 11) is 0. The molecule has 1 aliphatic carbocycles. The Balaban J connectivity index is 2.08. The summed E-state index contributed by atoms with van der Waals surface area (Å²) in [6.45, 7) is 2.06. The van der Waals surface area contributed by atoms with Crippen LogP contribution in [0.15, 0.2) is 5.38 Å². The van der Waals surface area contributed by atoms with E-state index < -0.39 is 0 Å². The summed E-state index contributed by atoms with van der Waals surface area (Å²) >= 11 is 5.50. The van der Waals surface area contributed by atoms with Crippen molar-refractivity contribution in [3.05, 3.63) is 16.1 Å². The number of nitrogens with zero attached hydrogens (tertiary/aromatic N) is 1. The number of rotatable bonds is 2. The van der Waals surface area contributed by atoms with E-state index >= 15 is 0 Å². The van der Waals surface area contributed by atoms with Crippen molar-refractivity contribution in [1.29, 1.82) is 0 Å². The SMILES string of the molecule is Cc1csc(C(Br)C2CCC2)n1. The fraction of sp³-hybridized carbons (Fsp3) is 0.667. The second-order valence-corrected chi connectivity index (χ2v) is 5.30. The van der Waals surface area contributed by atoms with Crippen LogP contribution in [0.1, 0.15) is 34.8 Å². The minimum atomic E-state index is 0.518. The van der Waals surface area contributed by atoms with Crippen LogP contribution < -0.4 is 0 Å². The van der Waals surface area contributed by atoms with Gasteiger partial charge in [-0.3, -0.25) is 0 Å². The molecule has 1 heterocycles. The monoisotopic (exact) mass is 245 g/mol. The number of halogens is 1. The van der Waals surface area contributed by atoms with Crippen molar-refractivity contribution in [2.75, 3.05) is 0 Å². The smallest absolute Gasteiger partial charge is 0.107 e. The van der Waals surface area contributed by atoms with Crippen molar-refractivity contribution in [2.24, 2.45) is 5.92 Å². The Hall–Kier alpha value is 0.110. The van der Waals surface area contributed by atoms with Gasteiger partial charge in [-0.2, -0.15) is 0 Å². The Bertz CT molecular complexity index is 267. The molecule has 1 aromatic heterocycles. The molecule has 0 N–H and O–H groups in total. The van der Waals surface area contributed by atoms with Gasteiger partial charge < -0.3 is 0 Å². The number of hydrogen-bond donors (Lipinski definition) is 0. The van der Waals surface area contributed by atoms with Crippen LogP contribution in [0.3, 0.4) is 0 Å². The zero-order valence-corrected chi connectivity index (χ0v) is 9.49. The maximum Gasteiger partial charge on any atom is 0.107 e. The number of alkyl halides is 1. The highest BCUT2D eigenvalue weighted by atomic mass is 79.9. The Kier molecular flexibility index (Phi) is 2.51. The zero-order valence-electron chi connectivity index (χ0n) is 7.09. The summed E-state index contributed by atoms with van der Waals surface area (Å²) < 4.78 is 0. The molecule has 2 rings (SSSR count). The third-order valence-corrected chi connectivity index (χ3v) is 4.97. The highest BCUT2D eigenvalue weighted by Crippen LogP contribution is 2.43. The largest absolute Gasteiger partial charge is 0.245 e. The summed E-state index contributed by atoms with van der Waals surface area (Å²) in [5, 5.41) is 3.39. The predicted octanol–water partition coefficient (Wildman–Crippen LogP) is 3.69. The van der Waals surface area contributed by atoms with E-state index in [1.807, 2.05) is 0 Å². The van der Waals surface area contributed by atoms with Gasteiger partial charge in [0.05, 0.1) is 4.83 Å². The highest BCUT2D eigenvalue weighted by molar-refractivity contribution is 9.09. The first-order valence-electron chi connectivity index (χ1n) is 4.33. The van der Waals surface area contributed by atoms with E-state index in [2.05, 4.69) is 33.2 Å².